The molecule has 0 spiro atoms. The molecule has 1 aliphatic carbocycles. The second-order valence-corrected chi connectivity index (χ2v) is 6.35. The van der Waals surface area contributed by atoms with E-state index in [1.807, 2.05) is 18.2 Å². The van der Waals surface area contributed by atoms with Crippen molar-refractivity contribution in [3.8, 4) is 0 Å². The van der Waals surface area contributed by atoms with E-state index in [0.29, 0.717) is 0 Å². The van der Waals surface area contributed by atoms with Gasteiger partial charge in [-0.1, -0.05) is 36.8 Å². The van der Waals surface area contributed by atoms with Crippen LogP contribution in [-0.2, 0) is 6.54 Å². The van der Waals surface area contributed by atoms with E-state index in [4.69, 9.17) is 0 Å². The van der Waals surface area contributed by atoms with E-state index in [2.05, 4.69) is 40.0 Å². The van der Waals surface area contributed by atoms with Crippen LogP contribution in [0.4, 0.5) is 0 Å². The Morgan fingerprint density at radius 1 is 1.31 bits per heavy atom. The van der Waals surface area contributed by atoms with Crippen molar-refractivity contribution in [1.82, 2.24) is 5.32 Å². The molecular weight excluding hydrogens is 313 g/mol. The summed E-state index contributed by atoms with van der Waals surface area (Å²) in [6.45, 7) is 0.844. The van der Waals surface area contributed by atoms with Gasteiger partial charge in [0.25, 0.3) is 0 Å². The van der Waals surface area contributed by atoms with Crippen molar-refractivity contribution in [2.45, 2.75) is 41.9 Å². The van der Waals surface area contributed by atoms with Gasteiger partial charge in [-0.3, -0.25) is 0 Å². The normalized spacial score (nSPS) is 30.2. The summed E-state index contributed by atoms with van der Waals surface area (Å²) in [5, 5.41) is 13.7. The standard InChI is InChI=1S/C13H18INO/c14-13(16)9-5-4-8-12(13)15-10-11-6-2-1-3-7-11/h1-3,6-7,12,15-16H,4-5,8-10H2. The van der Waals surface area contributed by atoms with Crippen molar-refractivity contribution in [2.24, 2.45) is 0 Å². The highest BCUT2D eigenvalue weighted by Gasteiger charge is 2.35. The zero-order valence-electron chi connectivity index (χ0n) is 9.32. The highest BCUT2D eigenvalue weighted by Crippen LogP contribution is 2.34. The maximum atomic E-state index is 10.2. The van der Waals surface area contributed by atoms with Crippen molar-refractivity contribution < 1.29 is 5.11 Å². The fraction of sp³-hybridized carbons (Fsp3) is 0.538. The first-order chi connectivity index (χ1) is 7.68. The third kappa shape index (κ3) is 3.18. The molecule has 1 aromatic rings. The Morgan fingerprint density at radius 3 is 2.75 bits per heavy atom. The minimum absolute atomic E-state index is 0.224. The second-order valence-electron chi connectivity index (χ2n) is 4.48. The predicted molar refractivity (Wildman–Crippen MR) is 74.5 cm³/mol. The van der Waals surface area contributed by atoms with Gasteiger partial charge in [-0.05, 0) is 47.4 Å². The van der Waals surface area contributed by atoms with Crippen LogP contribution in [-0.4, -0.2) is 14.8 Å². The molecule has 1 aromatic carbocycles. The minimum atomic E-state index is -0.565. The van der Waals surface area contributed by atoms with Crippen molar-refractivity contribution in [1.29, 1.82) is 0 Å². The van der Waals surface area contributed by atoms with E-state index >= 15 is 0 Å². The molecule has 2 N–H and O–H groups in total. The van der Waals surface area contributed by atoms with Gasteiger partial charge < -0.3 is 10.4 Å². The summed E-state index contributed by atoms with van der Waals surface area (Å²) < 4.78 is -0.565. The molecule has 2 rings (SSSR count). The highest BCUT2D eigenvalue weighted by molar-refractivity contribution is 14.1. The fourth-order valence-corrected chi connectivity index (χ4v) is 3.13. The van der Waals surface area contributed by atoms with Crippen LogP contribution in [0.2, 0.25) is 0 Å². The fourth-order valence-electron chi connectivity index (χ4n) is 2.21. The Morgan fingerprint density at radius 2 is 2.06 bits per heavy atom. The summed E-state index contributed by atoms with van der Waals surface area (Å²) in [5.74, 6) is 0. The molecule has 1 aliphatic rings. The van der Waals surface area contributed by atoms with Crippen molar-refractivity contribution in [3.05, 3.63) is 35.9 Å². The second kappa shape index (κ2) is 5.47. The van der Waals surface area contributed by atoms with Crippen molar-refractivity contribution in [3.63, 3.8) is 0 Å². The van der Waals surface area contributed by atoms with Crippen LogP contribution in [0.1, 0.15) is 31.2 Å². The van der Waals surface area contributed by atoms with Crippen LogP contribution in [0.25, 0.3) is 0 Å². The number of alkyl halides is 1. The lowest BCUT2D eigenvalue weighted by molar-refractivity contribution is 0.0736. The largest absolute Gasteiger partial charge is 0.378 e. The molecule has 0 aromatic heterocycles. The maximum absolute atomic E-state index is 10.2. The Bertz CT molecular complexity index is 326. The van der Waals surface area contributed by atoms with E-state index in [0.717, 1.165) is 25.8 Å². The first-order valence-electron chi connectivity index (χ1n) is 5.87. The third-order valence-electron chi connectivity index (χ3n) is 3.20. The van der Waals surface area contributed by atoms with Crippen LogP contribution >= 0.6 is 22.6 Å². The van der Waals surface area contributed by atoms with Crippen LogP contribution in [0.15, 0.2) is 30.3 Å². The molecule has 0 saturated heterocycles. The molecule has 0 amide bonds. The Balaban J connectivity index is 1.90. The van der Waals surface area contributed by atoms with Gasteiger partial charge in [-0.25, -0.2) is 0 Å². The molecule has 0 radical (unpaired) electrons. The summed E-state index contributed by atoms with van der Waals surface area (Å²) in [6.07, 6.45) is 4.34. The molecule has 0 bridgehead atoms. The summed E-state index contributed by atoms with van der Waals surface area (Å²) in [5.41, 5.74) is 1.28. The average Bonchev–Trinajstić information content (AvgIpc) is 2.28. The molecule has 2 nitrogen and oxygen atoms in total. The lowest BCUT2D eigenvalue weighted by atomic mass is 9.92. The molecule has 1 fully saturated rings. The average molecular weight is 331 g/mol. The molecule has 2 atom stereocenters. The topological polar surface area (TPSA) is 32.3 Å². The Kier molecular flexibility index (Phi) is 4.21. The number of benzene rings is 1. The van der Waals surface area contributed by atoms with Crippen LogP contribution in [0.5, 0.6) is 0 Å². The van der Waals surface area contributed by atoms with Gasteiger partial charge in [-0.15, -0.1) is 0 Å². The summed E-state index contributed by atoms with van der Waals surface area (Å²) in [6, 6.07) is 10.6. The van der Waals surface area contributed by atoms with Crippen LogP contribution in [0.3, 0.4) is 0 Å². The lowest BCUT2D eigenvalue weighted by Crippen LogP contribution is -2.48. The number of hydrogen-bond donors (Lipinski definition) is 2. The molecule has 2 unspecified atom stereocenters. The summed E-state index contributed by atoms with van der Waals surface area (Å²) in [4.78, 5) is 0. The first kappa shape index (κ1) is 12.3. The smallest absolute Gasteiger partial charge is 0.130 e. The highest BCUT2D eigenvalue weighted by atomic mass is 127. The van der Waals surface area contributed by atoms with Crippen LogP contribution < -0.4 is 5.32 Å². The number of hydrogen-bond acceptors (Lipinski definition) is 2. The van der Waals surface area contributed by atoms with Gasteiger partial charge >= 0.3 is 0 Å². The number of rotatable bonds is 3. The predicted octanol–water partition coefficient (Wildman–Crippen LogP) is 2.84. The van der Waals surface area contributed by atoms with Gasteiger partial charge in [0.2, 0.25) is 0 Å². The monoisotopic (exact) mass is 331 g/mol. The minimum Gasteiger partial charge on any atom is -0.378 e. The molecular formula is C13H18INO. The summed E-state index contributed by atoms with van der Waals surface area (Å²) in [7, 11) is 0. The SMILES string of the molecule is OC1(I)CCCCC1NCc1ccccc1. The Labute approximate surface area is 111 Å². The quantitative estimate of drug-likeness (QED) is 0.659. The molecule has 88 valence electrons. The van der Waals surface area contributed by atoms with Gasteiger partial charge in [-0.2, -0.15) is 0 Å². The molecule has 0 aliphatic heterocycles. The molecule has 1 saturated carbocycles. The number of aliphatic hydroxyl groups is 1. The van der Waals surface area contributed by atoms with E-state index in [1.54, 1.807) is 0 Å². The number of halogens is 1. The molecule has 16 heavy (non-hydrogen) atoms. The van der Waals surface area contributed by atoms with E-state index < -0.39 is 3.61 Å². The maximum Gasteiger partial charge on any atom is 0.130 e. The molecule has 0 heterocycles. The summed E-state index contributed by atoms with van der Waals surface area (Å²) >= 11 is 2.19. The van der Waals surface area contributed by atoms with E-state index in [-0.39, 0.29) is 6.04 Å². The van der Waals surface area contributed by atoms with Crippen molar-refractivity contribution in [2.75, 3.05) is 0 Å². The zero-order chi connectivity index (χ0) is 11.4. The zero-order valence-corrected chi connectivity index (χ0v) is 11.5. The van der Waals surface area contributed by atoms with E-state index in [9.17, 15) is 5.11 Å². The Hall–Kier alpha value is -0.130. The van der Waals surface area contributed by atoms with E-state index in [1.165, 1.54) is 12.0 Å². The van der Waals surface area contributed by atoms with Crippen molar-refractivity contribution >= 4 is 22.6 Å². The third-order valence-corrected chi connectivity index (χ3v) is 4.49. The van der Waals surface area contributed by atoms with Gasteiger partial charge in [0.15, 0.2) is 0 Å². The first-order valence-corrected chi connectivity index (χ1v) is 6.95. The van der Waals surface area contributed by atoms with Gasteiger partial charge in [0.05, 0.1) is 0 Å². The molecule has 3 heteroatoms. The number of nitrogens with one attached hydrogen (secondary N) is 1. The van der Waals surface area contributed by atoms with Crippen LogP contribution in [0, 0.1) is 0 Å². The van der Waals surface area contributed by atoms with Gasteiger partial charge in [0, 0.05) is 12.6 Å². The van der Waals surface area contributed by atoms with Gasteiger partial charge in [0.1, 0.15) is 3.61 Å². The lowest BCUT2D eigenvalue weighted by Gasteiger charge is -2.36.